The molecule has 0 amide bonds. The number of benzene rings is 2. The molecule has 5 nitrogen and oxygen atoms in total. The Hall–Kier alpha value is -2.79. The molecular formula is C22H19ClO5. The Morgan fingerprint density at radius 2 is 1.96 bits per heavy atom. The highest BCUT2D eigenvalue weighted by atomic mass is 35.5. The molecule has 0 fully saturated rings. The van der Waals surface area contributed by atoms with E-state index in [0.29, 0.717) is 22.6 Å². The van der Waals surface area contributed by atoms with Crippen molar-refractivity contribution in [1.29, 1.82) is 0 Å². The predicted octanol–water partition coefficient (Wildman–Crippen LogP) is 4.36. The fourth-order valence-corrected chi connectivity index (χ4v) is 3.58. The van der Waals surface area contributed by atoms with E-state index in [1.165, 1.54) is 6.07 Å². The number of aryl methyl sites for hydroxylation is 2. The van der Waals surface area contributed by atoms with Crippen LogP contribution in [0.15, 0.2) is 45.6 Å². The molecule has 1 atom stereocenters. The van der Waals surface area contributed by atoms with Gasteiger partial charge in [-0.05, 0) is 67.3 Å². The molecule has 4 rings (SSSR count). The Bertz CT molecular complexity index is 1130. The molecule has 0 aliphatic carbocycles. The van der Waals surface area contributed by atoms with E-state index in [1.807, 2.05) is 26.0 Å². The van der Waals surface area contributed by atoms with Gasteiger partial charge in [-0.1, -0.05) is 11.6 Å². The Morgan fingerprint density at radius 1 is 1.18 bits per heavy atom. The van der Waals surface area contributed by atoms with Gasteiger partial charge in [0.25, 0.3) is 0 Å². The van der Waals surface area contributed by atoms with E-state index in [4.69, 9.17) is 25.5 Å². The van der Waals surface area contributed by atoms with E-state index in [2.05, 4.69) is 0 Å². The average Bonchev–Trinajstić information content (AvgIpc) is 2.66. The molecular weight excluding hydrogens is 380 g/mol. The van der Waals surface area contributed by atoms with Gasteiger partial charge in [0, 0.05) is 22.0 Å². The van der Waals surface area contributed by atoms with Crippen LogP contribution in [0.4, 0.5) is 0 Å². The van der Waals surface area contributed by atoms with Gasteiger partial charge in [0.2, 0.25) is 0 Å². The number of halogens is 1. The largest absolute Gasteiger partial charge is 0.492 e. The van der Waals surface area contributed by atoms with Crippen molar-refractivity contribution in [2.24, 2.45) is 5.92 Å². The Morgan fingerprint density at radius 3 is 2.79 bits per heavy atom. The molecule has 0 N–H and O–H groups in total. The summed E-state index contributed by atoms with van der Waals surface area (Å²) in [5.74, 6) is -0.0388. The van der Waals surface area contributed by atoms with E-state index < -0.39 is 11.5 Å². The van der Waals surface area contributed by atoms with Gasteiger partial charge in [-0.15, -0.1) is 0 Å². The lowest BCUT2D eigenvalue weighted by molar-refractivity contribution is -0.151. The predicted molar refractivity (Wildman–Crippen MR) is 106 cm³/mol. The molecule has 1 aliphatic heterocycles. The fourth-order valence-electron chi connectivity index (χ4n) is 3.38. The highest BCUT2D eigenvalue weighted by Gasteiger charge is 2.27. The molecule has 0 saturated heterocycles. The number of esters is 1. The Labute approximate surface area is 166 Å². The lowest BCUT2D eigenvalue weighted by atomic mass is 9.97. The van der Waals surface area contributed by atoms with E-state index in [1.54, 1.807) is 18.2 Å². The minimum Gasteiger partial charge on any atom is -0.492 e. The average molecular weight is 399 g/mol. The number of carbonyl (C=O) groups is 1. The first-order chi connectivity index (χ1) is 13.4. The number of hydrogen-bond donors (Lipinski definition) is 0. The zero-order chi connectivity index (χ0) is 19.8. The number of rotatable bonds is 3. The first kappa shape index (κ1) is 18.6. The van der Waals surface area contributed by atoms with Crippen molar-refractivity contribution in [3.05, 3.63) is 74.1 Å². The molecule has 2 aromatic carbocycles. The van der Waals surface area contributed by atoms with Gasteiger partial charge in [0.1, 0.15) is 24.5 Å². The minimum atomic E-state index is -0.466. The molecule has 0 saturated carbocycles. The molecule has 0 spiro atoms. The summed E-state index contributed by atoms with van der Waals surface area (Å²) in [4.78, 5) is 24.4. The van der Waals surface area contributed by atoms with Gasteiger partial charge < -0.3 is 13.9 Å². The van der Waals surface area contributed by atoms with Crippen LogP contribution >= 0.6 is 11.6 Å². The molecule has 0 bridgehead atoms. The second-order valence-electron chi connectivity index (χ2n) is 7.10. The lowest BCUT2D eigenvalue weighted by Gasteiger charge is -2.24. The topological polar surface area (TPSA) is 65.7 Å². The van der Waals surface area contributed by atoms with Gasteiger partial charge >= 0.3 is 11.6 Å². The van der Waals surface area contributed by atoms with Gasteiger partial charge in [-0.3, -0.25) is 4.79 Å². The van der Waals surface area contributed by atoms with Gasteiger partial charge in [0.15, 0.2) is 0 Å². The summed E-state index contributed by atoms with van der Waals surface area (Å²) in [6.45, 7) is 4.19. The number of hydrogen-bond acceptors (Lipinski definition) is 5. The van der Waals surface area contributed by atoms with Crippen LogP contribution in [0.2, 0.25) is 5.02 Å². The van der Waals surface area contributed by atoms with E-state index >= 15 is 0 Å². The van der Waals surface area contributed by atoms with Crippen molar-refractivity contribution in [2.75, 3.05) is 6.61 Å². The SMILES string of the molecule is Cc1cc2oc(=O)cc(COC(=O)C3COc4ccc(Cl)cc4C3)c2cc1C. The number of fused-ring (bicyclic) bond motifs is 2. The molecule has 1 aromatic heterocycles. The van der Waals surface area contributed by atoms with E-state index in [0.717, 1.165) is 27.8 Å². The third-order valence-corrected chi connectivity index (χ3v) is 5.31. The van der Waals surface area contributed by atoms with Crippen LogP contribution in [0, 0.1) is 19.8 Å². The molecule has 6 heteroatoms. The molecule has 0 radical (unpaired) electrons. The fraction of sp³-hybridized carbons (Fsp3) is 0.273. The second-order valence-corrected chi connectivity index (χ2v) is 7.53. The Kier molecular flexibility index (Phi) is 4.85. The smallest absolute Gasteiger partial charge is 0.336 e. The van der Waals surface area contributed by atoms with Gasteiger partial charge in [0.05, 0.1) is 5.92 Å². The van der Waals surface area contributed by atoms with Gasteiger partial charge in [-0.2, -0.15) is 0 Å². The Balaban J connectivity index is 1.53. The monoisotopic (exact) mass is 398 g/mol. The highest BCUT2D eigenvalue weighted by Crippen LogP contribution is 2.30. The van der Waals surface area contributed by atoms with Crippen molar-refractivity contribution in [1.82, 2.24) is 0 Å². The molecule has 1 aliphatic rings. The quantitative estimate of drug-likeness (QED) is 0.484. The van der Waals surface area contributed by atoms with E-state index in [-0.39, 0.29) is 19.2 Å². The van der Waals surface area contributed by atoms with Crippen molar-refractivity contribution >= 4 is 28.5 Å². The van der Waals surface area contributed by atoms with Crippen LogP contribution in [-0.2, 0) is 22.6 Å². The molecule has 3 aromatic rings. The standard InChI is InChI=1S/C22H19ClO5/c1-12-5-18-15(9-21(24)28-20(18)6-13(12)2)10-27-22(25)16-7-14-8-17(23)3-4-19(14)26-11-16/h3-6,8-9,16H,7,10-11H2,1-2H3. The minimum absolute atomic E-state index is 0.00232. The van der Waals surface area contributed by atoms with Crippen LogP contribution in [0.1, 0.15) is 22.3 Å². The molecule has 28 heavy (non-hydrogen) atoms. The molecule has 144 valence electrons. The van der Waals surface area contributed by atoms with Crippen molar-refractivity contribution in [3.8, 4) is 5.75 Å². The summed E-state index contributed by atoms with van der Waals surface area (Å²) in [5, 5.41) is 1.37. The zero-order valence-corrected chi connectivity index (χ0v) is 16.3. The summed E-state index contributed by atoms with van der Waals surface area (Å²) in [7, 11) is 0. The highest BCUT2D eigenvalue weighted by molar-refractivity contribution is 6.30. The van der Waals surface area contributed by atoms with Crippen molar-refractivity contribution < 1.29 is 18.7 Å². The first-order valence-corrected chi connectivity index (χ1v) is 9.40. The third kappa shape index (κ3) is 3.62. The molecule has 1 unspecified atom stereocenters. The van der Waals surface area contributed by atoms with E-state index in [9.17, 15) is 9.59 Å². The maximum Gasteiger partial charge on any atom is 0.336 e. The third-order valence-electron chi connectivity index (χ3n) is 5.08. The summed E-state index contributed by atoms with van der Waals surface area (Å²) < 4.78 is 16.5. The zero-order valence-electron chi connectivity index (χ0n) is 15.6. The normalized spacial score (nSPS) is 15.8. The summed E-state index contributed by atoms with van der Waals surface area (Å²) in [6.07, 6.45) is 0.505. The first-order valence-electron chi connectivity index (χ1n) is 9.02. The second kappa shape index (κ2) is 7.32. The summed E-state index contributed by atoms with van der Waals surface area (Å²) in [5.41, 5.74) is 3.64. The molecule has 2 heterocycles. The van der Waals surface area contributed by atoms with Crippen LogP contribution in [0.5, 0.6) is 5.75 Å². The maximum absolute atomic E-state index is 12.6. The summed E-state index contributed by atoms with van der Waals surface area (Å²) in [6, 6.07) is 10.5. The van der Waals surface area contributed by atoms with Crippen LogP contribution in [0.3, 0.4) is 0 Å². The number of carbonyl (C=O) groups excluding carboxylic acids is 1. The maximum atomic E-state index is 12.6. The summed E-state index contributed by atoms with van der Waals surface area (Å²) >= 11 is 6.03. The van der Waals surface area contributed by atoms with Gasteiger partial charge in [-0.25, -0.2) is 4.79 Å². The van der Waals surface area contributed by atoms with Crippen LogP contribution < -0.4 is 10.4 Å². The van der Waals surface area contributed by atoms with Crippen LogP contribution in [0.25, 0.3) is 11.0 Å². The van der Waals surface area contributed by atoms with Crippen LogP contribution in [-0.4, -0.2) is 12.6 Å². The van der Waals surface area contributed by atoms with Crippen molar-refractivity contribution in [3.63, 3.8) is 0 Å². The lowest BCUT2D eigenvalue weighted by Crippen LogP contribution is -2.29. The number of ether oxygens (including phenoxy) is 2. The van der Waals surface area contributed by atoms with Crippen molar-refractivity contribution in [2.45, 2.75) is 26.9 Å².